The molecule has 34 heavy (non-hydrogen) atoms. The predicted molar refractivity (Wildman–Crippen MR) is 143 cm³/mol. The van der Waals surface area contributed by atoms with Crippen molar-refractivity contribution in [3.63, 3.8) is 0 Å². The minimum Gasteiger partial charge on any atom is -0.427 e. The molecular weight excluding hydrogens is 449 g/mol. The number of nitrogens with zero attached hydrogens (tertiary/aromatic N) is 1. The predicted octanol–water partition coefficient (Wildman–Crippen LogP) is 7.45. The van der Waals surface area contributed by atoms with Crippen molar-refractivity contribution in [3.8, 4) is 5.75 Å². The smallest absolute Gasteiger partial charge is 0.391 e. The number of aliphatic hydroxyl groups excluding tert-OH is 1. The molecule has 0 atom stereocenters. The van der Waals surface area contributed by atoms with Gasteiger partial charge in [0, 0.05) is 18.7 Å². The van der Waals surface area contributed by atoms with Gasteiger partial charge in [0.05, 0.1) is 0 Å². The minimum absolute atomic E-state index is 0.0781. The molecule has 0 radical (unpaired) electrons. The molecule has 0 spiro atoms. The quantitative estimate of drug-likeness (QED) is 0.175. The van der Waals surface area contributed by atoms with Crippen LogP contribution >= 0.6 is 8.60 Å². The summed E-state index contributed by atoms with van der Waals surface area (Å²) >= 11 is 0. The van der Waals surface area contributed by atoms with Crippen LogP contribution in [0.5, 0.6) is 5.75 Å². The molecule has 1 fully saturated rings. The number of hydroxylamine groups is 2. The summed E-state index contributed by atoms with van der Waals surface area (Å²) in [6.07, 6.45) is 15.6. The van der Waals surface area contributed by atoms with E-state index in [4.69, 9.17) is 14.9 Å². The number of benzene rings is 1. The molecule has 2 rings (SSSR count). The van der Waals surface area contributed by atoms with E-state index in [0.29, 0.717) is 12.4 Å². The average molecular weight is 502 g/mol. The van der Waals surface area contributed by atoms with Crippen LogP contribution in [0.4, 0.5) is 0 Å². The van der Waals surface area contributed by atoms with Crippen LogP contribution in [-0.4, -0.2) is 43.9 Å². The van der Waals surface area contributed by atoms with E-state index in [1.807, 2.05) is 6.07 Å². The second-order valence-corrected chi connectivity index (χ2v) is 10.9. The number of hydrogen-bond acceptors (Lipinski definition) is 6. The first-order chi connectivity index (χ1) is 16.1. The maximum atomic E-state index is 9.61. The van der Waals surface area contributed by atoms with Crippen LogP contribution in [0, 0.1) is 5.41 Å². The summed E-state index contributed by atoms with van der Waals surface area (Å²) in [5.41, 5.74) is 0.144. The molecule has 6 nitrogen and oxygen atoms in total. The molecule has 0 amide bonds. The Morgan fingerprint density at radius 1 is 0.853 bits per heavy atom. The molecule has 1 aromatic carbocycles. The lowest BCUT2D eigenvalue weighted by molar-refractivity contribution is -0.218. The van der Waals surface area contributed by atoms with Gasteiger partial charge in [-0.25, -0.2) is 0 Å². The Hall–Kier alpha value is -0.750. The van der Waals surface area contributed by atoms with E-state index in [1.165, 1.54) is 69.3 Å². The van der Waals surface area contributed by atoms with Crippen LogP contribution in [0.1, 0.15) is 112 Å². The van der Waals surface area contributed by atoms with E-state index >= 15 is 0 Å². The number of piperidine rings is 1. The van der Waals surface area contributed by atoms with Crippen molar-refractivity contribution < 1.29 is 24.6 Å². The van der Waals surface area contributed by atoms with Gasteiger partial charge in [-0.15, -0.1) is 0 Å². The molecule has 0 saturated carbocycles. The van der Waals surface area contributed by atoms with Crippen LogP contribution in [0.25, 0.3) is 0 Å². The van der Waals surface area contributed by atoms with E-state index in [2.05, 4.69) is 39.1 Å². The van der Waals surface area contributed by atoms with E-state index < -0.39 is 8.60 Å². The maximum absolute atomic E-state index is 9.61. The summed E-state index contributed by atoms with van der Waals surface area (Å²) < 4.78 is 4.59. The van der Waals surface area contributed by atoms with Crippen LogP contribution in [-0.2, 0) is 0 Å². The summed E-state index contributed by atoms with van der Waals surface area (Å²) in [4.78, 5) is 16.8. The molecule has 1 aromatic rings. The zero-order chi connectivity index (χ0) is 25.9. The normalized spacial score (nSPS) is 16.8. The fourth-order valence-corrected chi connectivity index (χ4v) is 4.09. The van der Waals surface area contributed by atoms with Gasteiger partial charge < -0.3 is 24.6 Å². The van der Waals surface area contributed by atoms with Gasteiger partial charge in [-0.05, 0) is 50.7 Å². The lowest BCUT2D eigenvalue weighted by Gasteiger charge is -2.50. The van der Waals surface area contributed by atoms with Crippen molar-refractivity contribution in [2.24, 2.45) is 5.41 Å². The Kier molecular flexibility index (Phi) is 19.0. The fourth-order valence-electron chi connectivity index (χ4n) is 3.78. The SMILES string of the molecule is CC1(C)CCCN(O)C1(C)C.CCCCCCCCCCCCO.OP(O)Oc1ccccc1. The number of aliphatic hydroxyl groups is 1. The number of unbranched alkanes of at least 4 members (excludes halogenated alkanes) is 9. The first-order valence-corrected chi connectivity index (χ1v) is 14.2. The highest BCUT2D eigenvalue weighted by atomic mass is 31.2. The second kappa shape index (κ2) is 19.4. The van der Waals surface area contributed by atoms with Crippen LogP contribution in [0.15, 0.2) is 30.3 Å². The molecule has 0 aliphatic carbocycles. The zero-order valence-corrected chi connectivity index (χ0v) is 23.3. The van der Waals surface area contributed by atoms with Crippen molar-refractivity contribution in [1.29, 1.82) is 0 Å². The lowest BCUT2D eigenvalue weighted by atomic mass is 9.69. The summed E-state index contributed by atoms with van der Waals surface area (Å²) in [7, 11) is -2.28. The molecule has 1 aliphatic heterocycles. The average Bonchev–Trinajstić information content (AvgIpc) is 2.78. The monoisotopic (exact) mass is 501 g/mol. The third-order valence-electron chi connectivity index (χ3n) is 6.92. The van der Waals surface area contributed by atoms with Gasteiger partial charge in [0.1, 0.15) is 5.75 Å². The Morgan fingerprint density at radius 2 is 1.35 bits per heavy atom. The zero-order valence-electron chi connectivity index (χ0n) is 22.4. The Morgan fingerprint density at radius 3 is 1.76 bits per heavy atom. The standard InChI is InChI=1S/C12H26O.C9H19NO.C6H7O3P/c1-2-3-4-5-6-7-8-9-10-11-12-13;1-8(2)6-5-7-10(11)9(8,3)4;7-10(8)9-6-4-2-1-3-5-6/h13H,2-12H2,1H3;11H,5-7H2,1-4H3;1-5,7-8H. The van der Waals surface area contributed by atoms with E-state index in [0.717, 1.165) is 19.4 Å². The van der Waals surface area contributed by atoms with Crippen molar-refractivity contribution in [2.45, 2.75) is 117 Å². The van der Waals surface area contributed by atoms with Crippen LogP contribution in [0.3, 0.4) is 0 Å². The molecule has 1 heterocycles. The van der Waals surface area contributed by atoms with Crippen molar-refractivity contribution in [1.82, 2.24) is 5.06 Å². The second-order valence-electron chi connectivity index (χ2n) is 10.2. The van der Waals surface area contributed by atoms with Crippen molar-refractivity contribution >= 4 is 8.60 Å². The van der Waals surface area contributed by atoms with Gasteiger partial charge in [-0.2, -0.15) is 5.06 Å². The Balaban J connectivity index is 0.000000484. The number of para-hydroxylation sites is 1. The highest BCUT2D eigenvalue weighted by Gasteiger charge is 2.43. The molecule has 7 heteroatoms. The van der Waals surface area contributed by atoms with Gasteiger partial charge in [0.2, 0.25) is 0 Å². The molecule has 1 aliphatic rings. The number of hydrogen-bond donors (Lipinski definition) is 4. The van der Waals surface area contributed by atoms with E-state index in [9.17, 15) is 5.21 Å². The van der Waals surface area contributed by atoms with Crippen LogP contribution < -0.4 is 4.52 Å². The molecule has 0 bridgehead atoms. The van der Waals surface area contributed by atoms with Gasteiger partial charge in [0.25, 0.3) is 0 Å². The highest BCUT2D eigenvalue weighted by Crippen LogP contribution is 2.42. The number of rotatable bonds is 12. The van der Waals surface area contributed by atoms with Gasteiger partial charge in [-0.3, -0.25) is 0 Å². The lowest BCUT2D eigenvalue weighted by Crippen LogP contribution is -2.56. The van der Waals surface area contributed by atoms with Crippen molar-refractivity contribution in [3.05, 3.63) is 30.3 Å². The van der Waals surface area contributed by atoms with Gasteiger partial charge in [-0.1, -0.05) is 96.8 Å². The Bertz CT molecular complexity index is 574. The highest BCUT2D eigenvalue weighted by molar-refractivity contribution is 7.39. The van der Waals surface area contributed by atoms with Crippen LogP contribution in [0.2, 0.25) is 0 Å². The van der Waals surface area contributed by atoms with Gasteiger partial charge in [0.15, 0.2) is 0 Å². The third kappa shape index (κ3) is 15.3. The molecule has 4 N–H and O–H groups in total. The topological polar surface area (TPSA) is 93.4 Å². The molecule has 0 aromatic heterocycles. The third-order valence-corrected chi connectivity index (χ3v) is 7.29. The first kappa shape index (κ1) is 33.2. The maximum Gasteiger partial charge on any atom is 0.391 e. The Labute approximate surface area is 210 Å². The van der Waals surface area contributed by atoms with Crippen molar-refractivity contribution in [2.75, 3.05) is 13.2 Å². The fraction of sp³-hybridized carbons (Fsp3) is 0.778. The molecular formula is C27H52NO5P. The minimum atomic E-state index is -2.28. The first-order valence-electron chi connectivity index (χ1n) is 13.1. The molecule has 1 saturated heterocycles. The summed E-state index contributed by atoms with van der Waals surface area (Å²) in [6.45, 7) is 12.1. The molecule has 200 valence electrons. The summed E-state index contributed by atoms with van der Waals surface area (Å²) in [5.74, 6) is 0.471. The van der Waals surface area contributed by atoms with Gasteiger partial charge >= 0.3 is 8.60 Å². The summed E-state index contributed by atoms with van der Waals surface area (Å²) in [6, 6.07) is 8.65. The van der Waals surface area contributed by atoms with E-state index in [1.54, 1.807) is 24.3 Å². The van der Waals surface area contributed by atoms with E-state index in [-0.39, 0.29) is 11.0 Å². The summed E-state index contributed by atoms with van der Waals surface area (Å²) in [5, 5.41) is 19.7. The largest absolute Gasteiger partial charge is 0.427 e. The molecule has 0 unspecified atom stereocenters.